The molecule has 5 aromatic carbocycles. The van der Waals surface area contributed by atoms with Crippen LogP contribution < -0.4 is 20.4 Å². The summed E-state index contributed by atoms with van der Waals surface area (Å²) in [5.74, 6) is 0. The number of carbonyl (C=O) groups excluding carboxylic acids is 1. The molecular weight excluding hydrogens is 731 g/mol. The maximum absolute atomic E-state index is 13.0. The van der Waals surface area contributed by atoms with Gasteiger partial charge in [-0.2, -0.15) is 5.10 Å². The molecule has 3 heterocycles. The highest BCUT2D eigenvalue weighted by Crippen LogP contribution is 2.43. The number of benzene rings is 5. The molecule has 0 saturated heterocycles. The van der Waals surface area contributed by atoms with Crippen molar-refractivity contribution in [3.63, 3.8) is 0 Å². The van der Waals surface area contributed by atoms with Gasteiger partial charge in [0.2, 0.25) is 0 Å². The van der Waals surface area contributed by atoms with Crippen LogP contribution in [-0.4, -0.2) is 41.4 Å². The predicted molar refractivity (Wildman–Crippen MR) is 231 cm³/mol. The fourth-order valence-corrected chi connectivity index (χ4v) is 8.72. The lowest BCUT2D eigenvalue weighted by Gasteiger charge is -2.36. The number of amides is 1. The van der Waals surface area contributed by atoms with Crippen LogP contribution in [-0.2, 0) is 10.3 Å². The molecule has 8 rings (SSSR count). The number of fused-ring (bicyclic) bond motifs is 1. The summed E-state index contributed by atoms with van der Waals surface area (Å²) in [6.07, 6.45) is 6.08. The molecule has 1 aliphatic rings. The lowest BCUT2D eigenvalue weighted by atomic mass is 9.77. The van der Waals surface area contributed by atoms with E-state index in [0.29, 0.717) is 6.67 Å². The zero-order valence-electron chi connectivity index (χ0n) is 32.1. The van der Waals surface area contributed by atoms with Crippen molar-refractivity contribution in [2.24, 2.45) is 4.99 Å². The zero-order chi connectivity index (χ0) is 38.9. The molecule has 0 radical (unpaired) electrons. The van der Waals surface area contributed by atoms with Gasteiger partial charge in [0.1, 0.15) is 23.5 Å². The van der Waals surface area contributed by atoms with Crippen LogP contribution in [0, 0.1) is 0 Å². The third-order valence-electron chi connectivity index (χ3n) is 9.91. The Hall–Kier alpha value is -5.90. The Balaban J connectivity index is 1.34. The van der Waals surface area contributed by atoms with Crippen molar-refractivity contribution in [1.29, 1.82) is 0 Å². The minimum Gasteiger partial charge on any atom is -0.443 e. The van der Waals surface area contributed by atoms with E-state index in [2.05, 4.69) is 150 Å². The van der Waals surface area contributed by atoms with Gasteiger partial charge in [-0.3, -0.25) is 14.6 Å². The van der Waals surface area contributed by atoms with Crippen molar-refractivity contribution in [2.75, 3.05) is 29.8 Å². The SMILES string of the molecule is CSc1ccc(N2C=c3cc(-c4cn(C(c5ccccc5)(c5ccccc5)c5ccccc5)nc4-c4ccc(N(C)C(=O)OC(C)(C)C)cc4)ccc3=NC2)s1. The second-order valence-corrected chi connectivity index (χ2v) is 16.9. The molecule has 280 valence electrons. The van der Waals surface area contributed by atoms with Crippen LogP contribution in [0.5, 0.6) is 0 Å². The van der Waals surface area contributed by atoms with E-state index < -0.39 is 17.2 Å². The summed E-state index contributed by atoms with van der Waals surface area (Å²) in [5, 5.41) is 8.74. The van der Waals surface area contributed by atoms with Gasteiger partial charge in [-0.05, 0) is 85.7 Å². The van der Waals surface area contributed by atoms with Crippen LogP contribution in [0.3, 0.4) is 0 Å². The van der Waals surface area contributed by atoms with E-state index in [9.17, 15) is 4.79 Å². The van der Waals surface area contributed by atoms with Crippen LogP contribution in [0.15, 0.2) is 161 Å². The third-order valence-corrected chi connectivity index (χ3v) is 12.1. The van der Waals surface area contributed by atoms with Gasteiger partial charge in [0.25, 0.3) is 0 Å². The second kappa shape index (κ2) is 15.3. The quantitative estimate of drug-likeness (QED) is 0.108. The molecule has 56 heavy (non-hydrogen) atoms. The van der Waals surface area contributed by atoms with Gasteiger partial charge in [-0.15, -0.1) is 23.1 Å². The number of rotatable bonds is 9. The monoisotopic (exact) mass is 773 g/mol. The number of ether oxygens (including phenoxy) is 1. The van der Waals surface area contributed by atoms with Crippen LogP contribution in [0.1, 0.15) is 37.5 Å². The van der Waals surface area contributed by atoms with Gasteiger partial charge >= 0.3 is 6.09 Å². The highest BCUT2D eigenvalue weighted by Gasteiger charge is 2.40. The molecule has 7 aromatic rings. The number of thiophene rings is 1. The minimum absolute atomic E-state index is 0.412. The van der Waals surface area contributed by atoms with Gasteiger partial charge in [0.15, 0.2) is 0 Å². The first-order valence-electron chi connectivity index (χ1n) is 18.6. The summed E-state index contributed by atoms with van der Waals surface area (Å²) in [7, 11) is 1.73. The van der Waals surface area contributed by atoms with Crippen molar-refractivity contribution < 1.29 is 9.53 Å². The first-order valence-corrected chi connectivity index (χ1v) is 20.6. The molecule has 0 atom stereocenters. The number of anilines is 2. The molecule has 0 saturated carbocycles. The van der Waals surface area contributed by atoms with E-state index in [-0.39, 0.29) is 0 Å². The summed E-state index contributed by atoms with van der Waals surface area (Å²) < 4.78 is 9.06. The lowest BCUT2D eigenvalue weighted by molar-refractivity contribution is 0.0589. The van der Waals surface area contributed by atoms with E-state index in [1.165, 1.54) is 9.11 Å². The van der Waals surface area contributed by atoms with Gasteiger partial charge in [-0.25, -0.2) is 4.79 Å². The predicted octanol–water partition coefficient (Wildman–Crippen LogP) is 10.0. The lowest BCUT2D eigenvalue weighted by Crippen LogP contribution is -2.38. The fraction of sp³-hybridized carbons (Fsp3) is 0.170. The normalized spacial score (nSPS) is 12.7. The van der Waals surface area contributed by atoms with Gasteiger partial charge in [-0.1, -0.05) is 109 Å². The molecule has 0 unspecified atom stereocenters. The van der Waals surface area contributed by atoms with Crippen molar-refractivity contribution >= 4 is 46.1 Å². The summed E-state index contributed by atoms with van der Waals surface area (Å²) >= 11 is 3.53. The Bertz CT molecular complexity index is 2500. The number of nitrogens with zero attached hydrogens (tertiary/aromatic N) is 5. The smallest absolute Gasteiger partial charge is 0.414 e. The van der Waals surface area contributed by atoms with Gasteiger partial charge in [0.05, 0.1) is 14.6 Å². The summed E-state index contributed by atoms with van der Waals surface area (Å²) in [4.78, 5) is 21.7. The van der Waals surface area contributed by atoms with E-state index in [1.807, 2.05) is 45.0 Å². The minimum atomic E-state index is -0.811. The molecule has 1 amide bonds. The van der Waals surface area contributed by atoms with Crippen LogP contribution in [0.4, 0.5) is 15.5 Å². The first kappa shape index (κ1) is 37.0. The Kier molecular flexibility index (Phi) is 10.1. The van der Waals surface area contributed by atoms with Crippen LogP contribution >= 0.6 is 23.1 Å². The van der Waals surface area contributed by atoms with E-state index in [0.717, 1.165) is 60.3 Å². The fourth-order valence-electron chi connectivity index (χ4n) is 7.22. The molecule has 9 heteroatoms. The maximum atomic E-state index is 13.0. The molecule has 0 fully saturated rings. The van der Waals surface area contributed by atoms with Crippen LogP contribution in [0.25, 0.3) is 28.6 Å². The number of hydrogen-bond acceptors (Lipinski definition) is 7. The Labute approximate surface area is 336 Å². The first-order chi connectivity index (χ1) is 27.1. The number of carbonyl (C=O) groups is 1. The van der Waals surface area contributed by atoms with E-state index >= 15 is 0 Å². The Morgan fingerprint density at radius 3 is 1.91 bits per heavy atom. The summed E-state index contributed by atoms with van der Waals surface area (Å²) in [6, 6.07) is 50.5. The topological polar surface area (TPSA) is 63.0 Å². The van der Waals surface area contributed by atoms with E-state index in [4.69, 9.17) is 14.8 Å². The molecule has 1 aliphatic heterocycles. The molecule has 2 aromatic heterocycles. The molecule has 7 nitrogen and oxygen atoms in total. The molecule has 0 aliphatic carbocycles. The molecule has 0 N–H and O–H groups in total. The Morgan fingerprint density at radius 1 is 0.768 bits per heavy atom. The van der Waals surface area contributed by atoms with E-state index in [1.54, 1.807) is 30.1 Å². The standard InChI is InChI=1S/C47H43N5O2S2/c1-46(2,3)54-45(53)50(4)39-24-21-33(22-25-39)44-40(34-23-26-41-35(29-34)30-51(32-48-41)42-27-28-43(55-5)56-42)31-52(49-44)47(36-15-9-6-10-16-36,37-17-11-7-12-18-37)38-19-13-8-14-20-38/h6-31H,32H2,1-5H3. The van der Waals surface area contributed by atoms with Gasteiger partial charge < -0.3 is 9.64 Å². The largest absolute Gasteiger partial charge is 0.443 e. The molecular formula is C47H43N5O2S2. The number of hydrogen-bond donors (Lipinski definition) is 0. The zero-order valence-corrected chi connectivity index (χ0v) is 33.7. The average molecular weight is 774 g/mol. The second-order valence-electron chi connectivity index (χ2n) is 14.7. The summed E-state index contributed by atoms with van der Waals surface area (Å²) in [5.41, 5.74) is 6.28. The third kappa shape index (κ3) is 7.16. The Morgan fingerprint density at radius 2 is 1.36 bits per heavy atom. The van der Waals surface area contributed by atoms with Crippen molar-refractivity contribution in [1.82, 2.24) is 9.78 Å². The highest BCUT2D eigenvalue weighted by molar-refractivity contribution is 8.00. The van der Waals surface area contributed by atoms with Crippen molar-refractivity contribution in [3.8, 4) is 22.4 Å². The maximum Gasteiger partial charge on any atom is 0.414 e. The molecule has 0 spiro atoms. The number of thioether (sulfide) groups is 1. The van der Waals surface area contributed by atoms with Gasteiger partial charge in [0, 0.05) is 41.5 Å². The van der Waals surface area contributed by atoms with Crippen LogP contribution in [0.2, 0.25) is 0 Å². The van der Waals surface area contributed by atoms with Crippen molar-refractivity contribution in [3.05, 3.63) is 179 Å². The molecule has 0 bridgehead atoms. The average Bonchev–Trinajstić information content (AvgIpc) is 3.90. The summed E-state index contributed by atoms with van der Waals surface area (Å²) in [6.45, 7) is 6.18. The number of aromatic nitrogens is 2. The highest BCUT2D eigenvalue weighted by atomic mass is 32.2. The van der Waals surface area contributed by atoms with Crippen molar-refractivity contribution in [2.45, 2.75) is 36.1 Å².